The van der Waals surface area contributed by atoms with Crippen molar-refractivity contribution in [3.8, 4) is 0 Å². The van der Waals surface area contributed by atoms with Gasteiger partial charge in [0.1, 0.15) is 0 Å². The molecule has 1 unspecified atom stereocenters. The van der Waals surface area contributed by atoms with Gasteiger partial charge in [0, 0.05) is 31.5 Å². The Morgan fingerprint density at radius 3 is 2.50 bits per heavy atom. The third-order valence-electron chi connectivity index (χ3n) is 2.26. The lowest BCUT2D eigenvalue weighted by atomic mass is 10.2. The summed E-state index contributed by atoms with van der Waals surface area (Å²) < 4.78 is 5.11. The van der Waals surface area contributed by atoms with Crippen LogP contribution in [-0.4, -0.2) is 36.9 Å². The van der Waals surface area contributed by atoms with Gasteiger partial charge in [0.05, 0.1) is 12.7 Å². The van der Waals surface area contributed by atoms with Crippen LogP contribution in [0.5, 0.6) is 0 Å². The highest BCUT2D eigenvalue weighted by molar-refractivity contribution is 5.88. The quantitative estimate of drug-likeness (QED) is 0.687. The zero-order chi connectivity index (χ0) is 13.4. The van der Waals surface area contributed by atoms with E-state index in [0.29, 0.717) is 19.8 Å². The first-order chi connectivity index (χ1) is 8.61. The number of aliphatic hydroxyl groups is 1. The molecule has 0 aliphatic heterocycles. The summed E-state index contributed by atoms with van der Waals surface area (Å²) in [5.41, 5.74) is 1.64. The largest absolute Gasteiger partial charge is 0.389 e. The summed E-state index contributed by atoms with van der Waals surface area (Å²) in [7, 11) is 0. The molecule has 0 aromatic heterocycles. The van der Waals surface area contributed by atoms with Gasteiger partial charge in [0.2, 0.25) is 5.91 Å². The lowest BCUT2D eigenvalue weighted by Gasteiger charge is -2.13. The zero-order valence-electron chi connectivity index (χ0n) is 10.8. The van der Waals surface area contributed by atoms with Gasteiger partial charge in [-0.05, 0) is 31.2 Å². The summed E-state index contributed by atoms with van der Waals surface area (Å²) in [6.07, 6.45) is -0.528. The Hall–Kier alpha value is -1.59. The summed E-state index contributed by atoms with van der Waals surface area (Å²) >= 11 is 0. The van der Waals surface area contributed by atoms with E-state index in [2.05, 4.69) is 10.6 Å². The number of anilines is 2. The van der Waals surface area contributed by atoms with Crippen molar-refractivity contribution in [2.24, 2.45) is 0 Å². The Labute approximate surface area is 107 Å². The van der Waals surface area contributed by atoms with Crippen molar-refractivity contribution >= 4 is 17.3 Å². The fraction of sp³-hybridized carbons (Fsp3) is 0.462. The molecule has 0 fully saturated rings. The maximum Gasteiger partial charge on any atom is 0.221 e. The predicted molar refractivity (Wildman–Crippen MR) is 71.7 cm³/mol. The highest BCUT2D eigenvalue weighted by atomic mass is 16.5. The summed E-state index contributed by atoms with van der Waals surface area (Å²) in [6, 6.07) is 7.30. The number of amides is 1. The van der Waals surface area contributed by atoms with Crippen LogP contribution < -0.4 is 10.6 Å². The van der Waals surface area contributed by atoms with Crippen molar-refractivity contribution in [1.29, 1.82) is 0 Å². The molecule has 18 heavy (non-hydrogen) atoms. The van der Waals surface area contributed by atoms with Gasteiger partial charge in [-0.25, -0.2) is 0 Å². The van der Waals surface area contributed by atoms with Crippen LogP contribution in [0.25, 0.3) is 0 Å². The Morgan fingerprint density at radius 1 is 1.33 bits per heavy atom. The van der Waals surface area contributed by atoms with Crippen molar-refractivity contribution < 1.29 is 14.6 Å². The second-order valence-electron chi connectivity index (χ2n) is 3.95. The number of rotatable bonds is 7. The van der Waals surface area contributed by atoms with Gasteiger partial charge in [-0.2, -0.15) is 0 Å². The summed E-state index contributed by atoms with van der Waals surface area (Å²) in [6.45, 7) is 4.71. The molecule has 1 aromatic carbocycles. The standard InChI is InChI=1S/C13H20N2O3/c1-3-18-9-13(17)8-14-11-4-6-12(7-5-11)15-10(2)16/h4-7,13-14,17H,3,8-9H2,1-2H3,(H,15,16). The number of benzene rings is 1. The first-order valence-electron chi connectivity index (χ1n) is 5.99. The third kappa shape index (κ3) is 5.65. The van der Waals surface area contributed by atoms with E-state index in [1.54, 1.807) is 12.1 Å². The van der Waals surface area contributed by atoms with Crippen LogP contribution >= 0.6 is 0 Å². The number of hydrogen-bond donors (Lipinski definition) is 3. The lowest BCUT2D eigenvalue weighted by molar-refractivity contribution is -0.114. The molecule has 0 bridgehead atoms. The average molecular weight is 252 g/mol. The van der Waals surface area contributed by atoms with Crippen LogP contribution in [0, 0.1) is 0 Å². The summed E-state index contributed by atoms with van der Waals surface area (Å²) in [5.74, 6) is -0.0946. The fourth-order valence-electron chi connectivity index (χ4n) is 1.42. The lowest BCUT2D eigenvalue weighted by Crippen LogP contribution is -2.24. The first-order valence-corrected chi connectivity index (χ1v) is 5.99. The molecule has 0 heterocycles. The molecule has 1 aromatic rings. The van der Waals surface area contributed by atoms with Gasteiger partial charge in [-0.15, -0.1) is 0 Å². The van der Waals surface area contributed by atoms with Gasteiger partial charge >= 0.3 is 0 Å². The van der Waals surface area contributed by atoms with E-state index >= 15 is 0 Å². The number of carbonyl (C=O) groups excluding carboxylic acids is 1. The Bertz CT molecular complexity index is 365. The van der Waals surface area contributed by atoms with Crippen molar-refractivity contribution in [2.75, 3.05) is 30.4 Å². The Balaban J connectivity index is 2.36. The molecule has 0 spiro atoms. The molecule has 5 heteroatoms. The van der Waals surface area contributed by atoms with E-state index in [-0.39, 0.29) is 5.91 Å². The molecule has 1 atom stereocenters. The van der Waals surface area contributed by atoms with Gasteiger partial charge in [-0.1, -0.05) is 0 Å². The molecule has 3 N–H and O–H groups in total. The van der Waals surface area contributed by atoms with Gasteiger partial charge in [-0.3, -0.25) is 4.79 Å². The normalized spacial score (nSPS) is 11.9. The molecular formula is C13H20N2O3. The van der Waals surface area contributed by atoms with Crippen LogP contribution in [0.3, 0.4) is 0 Å². The van der Waals surface area contributed by atoms with Gasteiger partial charge in [0.25, 0.3) is 0 Å². The number of aliphatic hydroxyl groups excluding tert-OH is 1. The van der Waals surface area contributed by atoms with Crippen LogP contribution in [-0.2, 0) is 9.53 Å². The molecule has 0 saturated heterocycles. The molecule has 5 nitrogen and oxygen atoms in total. The van der Waals surface area contributed by atoms with Crippen molar-refractivity contribution in [1.82, 2.24) is 0 Å². The minimum absolute atomic E-state index is 0.0946. The van der Waals surface area contributed by atoms with Crippen LogP contribution in [0.15, 0.2) is 24.3 Å². The number of carbonyl (C=O) groups is 1. The monoisotopic (exact) mass is 252 g/mol. The van der Waals surface area contributed by atoms with Gasteiger partial charge < -0.3 is 20.5 Å². The second-order valence-corrected chi connectivity index (χ2v) is 3.95. The van der Waals surface area contributed by atoms with Crippen molar-refractivity contribution in [2.45, 2.75) is 20.0 Å². The number of nitrogens with one attached hydrogen (secondary N) is 2. The molecule has 0 radical (unpaired) electrons. The minimum Gasteiger partial charge on any atom is -0.389 e. The highest BCUT2D eigenvalue weighted by Gasteiger charge is 2.03. The molecule has 0 aliphatic carbocycles. The SMILES string of the molecule is CCOCC(O)CNc1ccc(NC(C)=O)cc1. The van der Waals surface area contributed by atoms with Crippen LogP contribution in [0.2, 0.25) is 0 Å². The first kappa shape index (κ1) is 14.5. The predicted octanol–water partition coefficient (Wildman–Crippen LogP) is 1.45. The topological polar surface area (TPSA) is 70.6 Å². The molecular weight excluding hydrogens is 232 g/mol. The maximum atomic E-state index is 10.8. The van der Waals surface area contributed by atoms with Crippen LogP contribution in [0.4, 0.5) is 11.4 Å². The van der Waals surface area contributed by atoms with E-state index < -0.39 is 6.10 Å². The summed E-state index contributed by atoms with van der Waals surface area (Å²) in [5, 5.41) is 15.4. The smallest absolute Gasteiger partial charge is 0.221 e. The van der Waals surface area contributed by atoms with E-state index in [4.69, 9.17) is 4.74 Å². The molecule has 1 rings (SSSR count). The zero-order valence-corrected chi connectivity index (χ0v) is 10.8. The molecule has 0 aliphatic rings. The number of hydrogen-bond acceptors (Lipinski definition) is 4. The number of ether oxygens (including phenoxy) is 1. The van der Waals surface area contributed by atoms with E-state index in [1.807, 2.05) is 19.1 Å². The minimum atomic E-state index is -0.528. The van der Waals surface area contributed by atoms with E-state index in [1.165, 1.54) is 6.92 Å². The molecule has 0 saturated carbocycles. The molecule has 100 valence electrons. The van der Waals surface area contributed by atoms with Crippen LogP contribution in [0.1, 0.15) is 13.8 Å². The Kier molecular flexibility index (Phi) is 6.18. The average Bonchev–Trinajstić information content (AvgIpc) is 2.35. The van der Waals surface area contributed by atoms with E-state index in [9.17, 15) is 9.90 Å². The van der Waals surface area contributed by atoms with Gasteiger partial charge in [0.15, 0.2) is 0 Å². The Morgan fingerprint density at radius 2 is 1.94 bits per heavy atom. The van der Waals surface area contributed by atoms with E-state index in [0.717, 1.165) is 11.4 Å². The van der Waals surface area contributed by atoms with Crippen molar-refractivity contribution in [3.05, 3.63) is 24.3 Å². The second kappa shape index (κ2) is 7.68. The highest BCUT2D eigenvalue weighted by Crippen LogP contribution is 2.13. The third-order valence-corrected chi connectivity index (χ3v) is 2.26. The summed E-state index contributed by atoms with van der Waals surface area (Å²) in [4.78, 5) is 10.8. The molecule has 1 amide bonds. The van der Waals surface area contributed by atoms with Crippen molar-refractivity contribution in [3.63, 3.8) is 0 Å². The maximum absolute atomic E-state index is 10.8. The fourth-order valence-corrected chi connectivity index (χ4v) is 1.42.